The highest BCUT2D eigenvalue weighted by atomic mass is 16.1. The van der Waals surface area contributed by atoms with Crippen molar-refractivity contribution in [1.29, 1.82) is 0 Å². The minimum Gasteiger partial charge on any atom is -0.355 e. The van der Waals surface area contributed by atoms with Gasteiger partial charge in [0.05, 0.1) is 0 Å². The number of amides is 1. The van der Waals surface area contributed by atoms with E-state index in [1.807, 2.05) is 0 Å². The summed E-state index contributed by atoms with van der Waals surface area (Å²) < 4.78 is 0. The van der Waals surface area contributed by atoms with E-state index in [4.69, 9.17) is 5.73 Å². The van der Waals surface area contributed by atoms with Gasteiger partial charge in [-0.1, -0.05) is 6.42 Å². The van der Waals surface area contributed by atoms with Gasteiger partial charge >= 0.3 is 0 Å². The molecule has 3 atom stereocenters. The van der Waals surface area contributed by atoms with E-state index in [0.29, 0.717) is 6.04 Å². The average Bonchev–Trinajstić information content (AvgIpc) is 2.78. The van der Waals surface area contributed by atoms with Gasteiger partial charge in [-0.15, -0.1) is 0 Å². The first-order valence-corrected chi connectivity index (χ1v) is 7.44. The molecule has 1 saturated heterocycles. The molecule has 1 amide bonds. The highest BCUT2D eigenvalue weighted by Crippen LogP contribution is 2.24. The van der Waals surface area contributed by atoms with Crippen LogP contribution in [0.15, 0.2) is 0 Å². The molecule has 3 unspecified atom stereocenters. The third-order valence-corrected chi connectivity index (χ3v) is 4.48. The number of hydrogen-bond acceptors (Lipinski definition) is 3. The number of piperidine rings is 1. The largest absolute Gasteiger partial charge is 0.355 e. The van der Waals surface area contributed by atoms with Gasteiger partial charge in [0, 0.05) is 31.1 Å². The van der Waals surface area contributed by atoms with Crippen LogP contribution in [0.4, 0.5) is 0 Å². The Bertz CT molecular complexity index is 282. The molecule has 104 valence electrons. The van der Waals surface area contributed by atoms with Crippen molar-refractivity contribution in [3.05, 3.63) is 0 Å². The molecule has 4 nitrogen and oxygen atoms in total. The fourth-order valence-corrected chi connectivity index (χ4v) is 3.21. The Morgan fingerprint density at radius 1 is 1.33 bits per heavy atom. The summed E-state index contributed by atoms with van der Waals surface area (Å²) in [5, 5.41) is 3.08. The van der Waals surface area contributed by atoms with Gasteiger partial charge in [-0.3, -0.25) is 9.69 Å². The summed E-state index contributed by atoms with van der Waals surface area (Å²) in [6, 6.07) is 0.915. The summed E-state index contributed by atoms with van der Waals surface area (Å²) in [7, 11) is 0. The molecule has 0 spiro atoms. The zero-order valence-corrected chi connectivity index (χ0v) is 11.5. The van der Waals surface area contributed by atoms with E-state index >= 15 is 0 Å². The van der Waals surface area contributed by atoms with Gasteiger partial charge in [0.2, 0.25) is 5.91 Å². The quantitative estimate of drug-likeness (QED) is 0.789. The molecule has 2 fully saturated rings. The Kier molecular flexibility index (Phi) is 5.01. The third-order valence-electron chi connectivity index (χ3n) is 4.48. The molecule has 2 aliphatic rings. The molecule has 0 bridgehead atoms. The number of nitrogens with two attached hydrogens (primary N) is 1. The molecular formula is C14H27N3O. The van der Waals surface area contributed by atoms with Crippen LogP contribution in [0.2, 0.25) is 0 Å². The molecule has 0 aromatic carbocycles. The van der Waals surface area contributed by atoms with E-state index in [-0.39, 0.29) is 17.9 Å². The lowest BCUT2D eigenvalue weighted by molar-refractivity contribution is -0.124. The fourth-order valence-electron chi connectivity index (χ4n) is 3.21. The van der Waals surface area contributed by atoms with E-state index in [2.05, 4.69) is 17.1 Å². The summed E-state index contributed by atoms with van der Waals surface area (Å²) in [6.07, 6.45) is 6.78. The van der Waals surface area contributed by atoms with Gasteiger partial charge in [-0.2, -0.15) is 0 Å². The first-order valence-electron chi connectivity index (χ1n) is 7.44. The molecule has 0 aromatic rings. The summed E-state index contributed by atoms with van der Waals surface area (Å²) >= 11 is 0. The maximum Gasteiger partial charge on any atom is 0.223 e. The second-order valence-corrected chi connectivity index (χ2v) is 5.94. The van der Waals surface area contributed by atoms with E-state index in [1.165, 1.54) is 25.8 Å². The first-order chi connectivity index (χ1) is 8.66. The number of nitrogens with one attached hydrogen (secondary N) is 1. The van der Waals surface area contributed by atoms with Crippen molar-refractivity contribution in [1.82, 2.24) is 10.2 Å². The zero-order valence-electron chi connectivity index (χ0n) is 11.5. The Labute approximate surface area is 110 Å². The number of carbonyl (C=O) groups excluding carboxylic acids is 1. The summed E-state index contributed by atoms with van der Waals surface area (Å²) in [5.74, 6) is 0.381. The van der Waals surface area contributed by atoms with Crippen LogP contribution in [0.5, 0.6) is 0 Å². The molecule has 0 aromatic heterocycles. The molecule has 1 saturated carbocycles. The van der Waals surface area contributed by atoms with Crippen LogP contribution in [-0.4, -0.2) is 42.5 Å². The molecular weight excluding hydrogens is 226 g/mol. The molecule has 3 N–H and O–H groups in total. The average molecular weight is 253 g/mol. The minimum atomic E-state index is 0.166. The van der Waals surface area contributed by atoms with Crippen LogP contribution in [-0.2, 0) is 4.79 Å². The Balaban J connectivity index is 1.64. The number of likely N-dealkylation sites (tertiary alicyclic amines) is 1. The van der Waals surface area contributed by atoms with E-state index < -0.39 is 0 Å². The highest BCUT2D eigenvalue weighted by Gasteiger charge is 2.27. The Morgan fingerprint density at radius 3 is 2.83 bits per heavy atom. The Hall–Kier alpha value is -0.610. The van der Waals surface area contributed by atoms with Crippen LogP contribution in [0.3, 0.4) is 0 Å². The lowest BCUT2D eigenvalue weighted by atomic mass is 10.0. The van der Waals surface area contributed by atoms with Crippen LogP contribution < -0.4 is 11.1 Å². The summed E-state index contributed by atoms with van der Waals surface area (Å²) in [5.41, 5.74) is 5.84. The second kappa shape index (κ2) is 6.53. The summed E-state index contributed by atoms with van der Waals surface area (Å²) in [4.78, 5) is 14.4. The lowest BCUT2D eigenvalue weighted by Gasteiger charge is -2.33. The lowest BCUT2D eigenvalue weighted by Crippen LogP contribution is -2.43. The van der Waals surface area contributed by atoms with Gasteiger partial charge in [0.15, 0.2) is 0 Å². The standard InChI is InChI=1S/C14H27N3O/c1-11-4-2-3-8-17(11)9-7-16-14(18)12-5-6-13(15)10-12/h11-13H,2-10,15H2,1H3,(H,16,18). The van der Waals surface area contributed by atoms with Crippen LogP contribution in [0, 0.1) is 5.92 Å². The number of carbonyl (C=O) groups is 1. The normalized spacial score (nSPS) is 33.6. The smallest absolute Gasteiger partial charge is 0.223 e. The first kappa shape index (κ1) is 13.8. The van der Waals surface area contributed by atoms with Gasteiger partial charge < -0.3 is 11.1 Å². The van der Waals surface area contributed by atoms with Crippen LogP contribution in [0.1, 0.15) is 45.4 Å². The van der Waals surface area contributed by atoms with Gasteiger partial charge in [0.1, 0.15) is 0 Å². The Morgan fingerprint density at radius 2 is 2.17 bits per heavy atom. The van der Waals surface area contributed by atoms with E-state index in [9.17, 15) is 4.79 Å². The minimum absolute atomic E-state index is 0.166. The van der Waals surface area contributed by atoms with Crippen molar-refractivity contribution in [3.8, 4) is 0 Å². The molecule has 1 aliphatic carbocycles. The van der Waals surface area contributed by atoms with Crippen LogP contribution in [0.25, 0.3) is 0 Å². The maximum atomic E-state index is 11.9. The molecule has 4 heteroatoms. The van der Waals surface area contributed by atoms with Gasteiger partial charge in [-0.05, 0) is 45.6 Å². The topological polar surface area (TPSA) is 58.4 Å². The monoisotopic (exact) mass is 253 g/mol. The molecule has 1 heterocycles. The van der Waals surface area contributed by atoms with E-state index in [1.54, 1.807) is 0 Å². The highest BCUT2D eigenvalue weighted by molar-refractivity contribution is 5.78. The SMILES string of the molecule is CC1CCCCN1CCNC(=O)C1CCC(N)C1. The number of nitrogens with zero attached hydrogens (tertiary/aromatic N) is 1. The third kappa shape index (κ3) is 3.69. The van der Waals surface area contributed by atoms with Gasteiger partial charge in [-0.25, -0.2) is 0 Å². The van der Waals surface area contributed by atoms with Crippen LogP contribution >= 0.6 is 0 Å². The number of hydrogen-bond donors (Lipinski definition) is 2. The summed E-state index contributed by atoms with van der Waals surface area (Å²) in [6.45, 7) is 5.25. The maximum absolute atomic E-state index is 11.9. The fraction of sp³-hybridized carbons (Fsp3) is 0.929. The second-order valence-electron chi connectivity index (χ2n) is 5.94. The zero-order chi connectivity index (χ0) is 13.0. The molecule has 1 aliphatic heterocycles. The molecule has 18 heavy (non-hydrogen) atoms. The predicted octanol–water partition coefficient (Wildman–Crippen LogP) is 1.10. The van der Waals surface area contributed by atoms with Crippen molar-refractivity contribution in [2.24, 2.45) is 11.7 Å². The van der Waals surface area contributed by atoms with Crippen molar-refractivity contribution in [2.45, 2.75) is 57.5 Å². The predicted molar refractivity (Wildman–Crippen MR) is 73.2 cm³/mol. The molecule has 0 radical (unpaired) electrons. The van der Waals surface area contributed by atoms with Crippen molar-refractivity contribution in [3.63, 3.8) is 0 Å². The van der Waals surface area contributed by atoms with E-state index in [0.717, 1.165) is 32.4 Å². The van der Waals surface area contributed by atoms with Gasteiger partial charge in [0.25, 0.3) is 0 Å². The molecule has 2 rings (SSSR count). The van der Waals surface area contributed by atoms with Crippen molar-refractivity contribution < 1.29 is 4.79 Å². The van der Waals surface area contributed by atoms with Crippen molar-refractivity contribution in [2.75, 3.05) is 19.6 Å². The number of rotatable bonds is 4. The van der Waals surface area contributed by atoms with Crippen molar-refractivity contribution >= 4 is 5.91 Å².